The highest BCUT2D eigenvalue weighted by atomic mass is 19.0. The third-order valence-corrected chi connectivity index (χ3v) is 23.1. The molecule has 0 aromatic rings. The van der Waals surface area contributed by atoms with Gasteiger partial charge in [-0.15, -0.1) is 0 Å². The summed E-state index contributed by atoms with van der Waals surface area (Å²) in [4.78, 5) is 0. The molecule has 0 radical (unpaired) electrons. The first kappa shape index (κ1) is 116. The molecule has 0 amide bonds. The Morgan fingerprint density at radius 2 is 0.139 bits per heavy atom. The molecule has 650 valence electrons. The standard InChI is InChI=1S/13C6H14N.4BO3.FH/c13*1-7(2)5-3-4-6-7;4*2-1(3)4;/h13*3-6H2,1-2H3;;;;;1H/q13*+1;4*-3;/p-1. The average Bonchev–Trinajstić information content (AvgIpc) is 1.97. The van der Waals surface area contributed by atoms with Crippen molar-refractivity contribution in [2.24, 2.45) is 0 Å². The molecule has 0 aromatic carbocycles. The smallest absolute Gasteiger partial charge is 0.0784 e. The second kappa shape index (κ2) is 58.9. The van der Waals surface area contributed by atoms with Gasteiger partial charge in [0.1, 0.15) is 0 Å². The molecule has 13 heterocycles. The van der Waals surface area contributed by atoms with E-state index in [4.69, 9.17) is 60.3 Å². The predicted octanol–water partition coefficient (Wildman–Crippen LogP) is -7.65. The number of hydrogen-bond acceptors (Lipinski definition) is 12. The lowest BCUT2D eigenvalue weighted by atomic mass is 10.3. The van der Waals surface area contributed by atoms with Gasteiger partial charge in [0.25, 0.3) is 0 Å². The highest BCUT2D eigenvalue weighted by molar-refractivity contribution is 6.24. The van der Waals surface area contributed by atoms with Gasteiger partial charge in [0.2, 0.25) is 0 Å². The minimum absolute atomic E-state index is 0. The van der Waals surface area contributed by atoms with Crippen LogP contribution in [-0.2, 0) is 0 Å². The quantitative estimate of drug-likeness (QED) is 0.162. The fraction of sp³-hybridized carbons (Fsp3) is 1.00. The predicted molar refractivity (Wildman–Crippen MR) is 427 cm³/mol. The fourth-order valence-corrected chi connectivity index (χ4v) is 15.5. The Morgan fingerprint density at radius 1 is 0.111 bits per heavy atom. The van der Waals surface area contributed by atoms with Crippen molar-refractivity contribution in [2.45, 2.75) is 167 Å². The van der Waals surface area contributed by atoms with E-state index in [-0.39, 0.29) is 4.70 Å². The number of nitrogens with zero attached hydrogens (tertiary/aromatic N) is 13. The Balaban J connectivity index is -0.000000349. The van der Waals surface area contributed by atoms with Gasteiger partial charge >= 0.3 is 0 Å². The summed E-state index contributed by atoms with van der Waals surface area (Å²) in [6, 6.07) is 0. The number of quaternary nitrogens is 13. The van der Waals surface area contributed by atoms with E-state index in [1.54, 1.807) is 0 Å². The van der Waals surface area contributed by atoms with Crippen LogP contribution in [0.4, 0.5) is 0 Å². The van der Waals surface area contributed by atoms with Crippen LogP contribution in [0, 0.1) is 0 Å². The molecule has 13 aliphatic heterocycles. The average molecular weight is 1560 g/mol. The van der Waals surface area contributed by atoms with E-state index in [1.165, 1.54) is 395 Å². The highest BCUT2D eigenvalue weighted by Crippen LogP contribution is 2.19. The molecule has 30 heteroatoms. The lowest BCUT2D eigenvalue weighted by Gasteiger charge is -2.35. The Morgan fingerprint density at radius 3 is 0.148 bits per heavy atom. The number of halogens is 1. The zero-order chi connectivity index (χ0) is 83.6. The van der Waals surface area contributed by atoms with Crippen LogP contribution in [0.15, 0.2) is 0 Å². The molecule has 25 nitrogen and oxygen atoms in total. The van der Waals surface area contributed by atoms with E-state index < -0.39 is 29.3 Å². The van der Waals surface area contributed by atoms with Crippen LogP contribution in [-0.4, -0.2) is 441 Å². The first-order valence-electron chi connectivity index (χ1n) is 42.2. The Bertz CT molecular complexity index is 1490. The van der Waals surface area contributed by atoms with Crippen LogP contribution in [0.3, 0.4) is 0 Å². The molecular formula is C78H182B4FN13O12. The molecule has 13 fully saturated rings. The van der Waals surface area contributed by atoms with Gasteiger partial charge in [-0.05, 0) is 0 Å². The Labute approximate surface area is 669 Å². The summed E-state index contributed by atoms with van der Waals surface area (Å²) in [5.74, 6) is 0. The summed E-state index contributed by atoms with van der Waals surface area (Å²) >= 11 is 0. The summed E-state index contributed by atoms with van der Waals surface area (Å²) in [6.07, 6.45) is 37.4. The van der Waals surface area contributed by atoms with Gasteiger partial charge in [-0.25, -0.2) is 0 Å². The second-order valence-electron chi connectivity index (χ2n) is 41.3. The highest BCUT2D eigenvalue weighted by Gasteiger charge is 2.27. The van der Waals surface area contributed by atoms with Crippen molar-refractivity contribution < 1.29 is 123 Å². The monoisotopic (exact) mass is 1560 g/mol. The first-order chi connectivity index (χ1) is 48.6. The van der Waals surface area contributed by atoms with E-state index in [2.05, 4.69) is 183 Å². The van der Waals surface area contributed by atoms with E-state index >= 15 is 0 Å². The van der Waals surface area contributed by atoms with Gasteiger partial charge in [0, 0.05) is 167 Å². The SMILES string of the molecule is C[N+]1(C)CCCC1.C[N+]1(C)CCCC1.C[N+]1(C)CCCC1.C[N+]1(C)CCCC1.C[N+]1(C)CCCC1.C[N+]1(C)CCCC1.C[N+]1(C)CCCC1.C[N+]1(C)CCCC1.C[N+]1(C)CCCC1.C[N+]1(C)CCCC1.C[N+]1(C)CCCC1.C[N+]1(C)CCCC1.C[N+]1(C)CCCC1.[F-].[O-]B([O-])[O-].[O-]B([O-])[O-].[O-]B([O-])[O-].[O-]B([O-])[O-]. The van der Waals surface area contributed by atoms with Crippen LogP contribution >= 0.6 is 0 Å². The van der Waals surface area contributed by atoms with Gasteiger partial charge in [-0.2, -0.15) is 0 Å². The minimum atomic E-state index is -2.92. The normalized spacial score (nSPS) is 24.8. The van der Waals surface area contributed by atoms with E-state index in [1.807, 2.05) is 0 Å². The summed E-state index contributed by atoms with van der Waals surface area (Å²) in [7, 11) is 48.1. The minimum Gasteiger partial charge on any atom is -1.00 e. The molecule has 0 bridgehead atoms. The lowest BCUT2D eigenvalue weighted by Crippen LogP contribution is -3.00. The summed E-state index contributed by atoms with van der Waals surface area (Å²) in [6.45, 7) is 36.1. The van der Waals surface area contributed by atoms with E-state index in [0.717, 1.165) is 0 Å². The maximum atomic E-state index is 8.42. The molecule has 0 saturated carbocycles. The van der Waals surface area contributed by atoms with Crippen LogP contribution < -0.4 is 65.0 Å². The zero-order valence-corrected chi connectivity index (χ0v) is 76.2. The van der Waals surface area contributed by atoms with Gasteiger partial charge < -0.3 is 123 Å². The molecule has 0 aliphatic carbocycles. The van der Waals surface area contributed by atoms with Crippen LogP contribution in [0.25, 0.3) is 0 Å². The van der Waals surface area contributed by atoms with Gasteiger partial charge in [0.05, 0.1) is 353 Å². The molecule has 0 atom stereocenters. The van der Waals surface area contributed by atoms with Crippen molar-refractivity contribution >= 4 is 29.3 Å². The second-order valence-corrected chi connectivity index (χ2v) is 41.3. The number of rotatable bonds is 0. The van der Waals surface area contributed by atoms with Crippen molar-refractivity contribution in [3.63, 3.8) is 0 Å². The topological polar surface area (TPSA) is 277 Å². The van der Waals surface area contributed by atoms with E-state index in [9.17, 15) is 0 Å². The van der Waals surface area contributed by atoms with Crippen LogP contribution in [0.2, 0.25) is 0 Å². The molecule has 13 rings (SSSR count). The summed E-state index contributed by atoms with van der Waals surface area (Å²) < 4.78 is 16.2. The van der Waals surface area contributed by atoms with Crippen molar-refractivity contribution in [3.8, 4) is 0 Å². The molecule has 13 saturated heterocycles. The summed E-state index contributed by atoms with van der Waals surface area (Å²) in [5.41, 5.74) is 0. The van der Waals surface area contributed by atoms with Crippen molar-refractivity contribution in [1.82, 2.24) is 0 Å². The van der Waals surface area contributed by atoms with Crippen LogP contribution in [0.1, 0.15) is 167 Å². The molecule has 0 aromatic heterocycles. The molecule has 108 heavy (non-hydrogen) atoms. The molecule has 13 aliphatic rings. The van der Waals surface area contributed by atoms with Gasteiger partial charge in [0.15, 0.2) is 0 Å². The lowest BCUT2D eigenvalue weighted by molar-refractivity contribution is -0.877. The molecule has 0 N–H and O–H groups in total. The fourth-order valence-electron chi connectivity index (χ4n) is 15.5. The molecule has 0 spiro atoms. The molecular weight excluding hydrogens is 1370 g/mol. The van der Waals surface area contributed by atoms with Gasteiger partial charge in [-0.3, -0.25) is 29.3 Å². The largest absolute Gasteiger partial charge is 1.00 e. The third kappa shape index (κ3) is 84.6. The molecule has 0 unspecified atom stereocenters. The summed E-state index contributed by atoms with van der Waals surface area (Å²) in [5, 5.41) is 101. The Hall–Kier alpha value is -0.810. The maximum absolute atomic E-state index is 8.42. The van der Waals surface area contributed by atoms with E-state index in [0.29, 0.717) is 0 Å². The number of hydrogen-bond donors (Lipinski definition) is 0. The Kier molecular flexibility index (Phi) is 63.2. The number of likely N-dealkylation sites (tertiary alicyclic amines) is 13. The first-order valence-corrected chi connectivity index (χ1v) is 42.2. The zero-order valence-electron chi connectivity index (χ0n) is 76.2. The van der Waals surface area contributed by atoms with Crippen molar-refractivity contribution in [2.75, 3.05) is 353 Å². The van der Waals surface area contributed by atoms with Crippen LogP contribution in [0.5, 0.6) is 0 Å². The maximum Gasteiger partial charge on any atom is 0.0784 e. The van der Waals surface area contributed by atoms with Crippen molar-refractivity contribution in [3.05, 3.63) is 0 Å². The third-order valence-electron chi connectivity index (χ3n) is 23.1. The van der Waals surface area contributed by atoms with Gasteiger partial charge in [-0.1, -0.05) is 0 Å². The van der Waals surface area contributed by atoms with Crippen molar-refractivity contribution in [1.29, 1.82) is 0 Å².